The second-order valence-corrected chi connectivity index (χ2v) is 8.02. The maximum Gasteiger partial charge on any atom is 0.0541 e. The summed E-state index contributed by atoms with van der Waals surface area (Å²) in [5.41, 5.74) is 9.54. The highest BCUT2D eigenvalue weighted by Crippen LogP contribution is 2.33. The van der Waals surface area contributed by atoms with E-state index in [0.29, 0.717) is 6.04 Å². The average Bonchev–Trinajstić information content (AvgIpc) is 2.40. The molecule has 0 unspecified atom stereocenters. The number of hydrogen-bond acceptors (Lipinski definition) is 3. The zero-order chi connectivity index (χ0) is 15.6. The number of nitrogens with one attached hydrogen (secondary N) is 1. The summed E-state index contributed by atoms with van der Waals surface area (Å²) in [7, 11) is 0. The smallest absolute Gasteiger partial charge is 0.0541 e. The highest BCUT2D eigenvalue weighted by molar-refractivity contribution is 9.10. The molecule has 1 aliphatic rings. The number of aliphatic hydroxyl groups excluding tert-OH is 1. The maximum atomic E-state index is 9.55. The standard InChI is InChI=1S/C17H27BrN2O/c1-17(2,3)14-9-16(19)11(8-15(14)18)10-20-12-4-6-13(21)7-5-12/h8-9,12-13,20-21H,4-7,10,19H2,1-3H3. The fraction of sp³-hybridized carbons (Fsp3) is 0.647. The number of benzene rings is 1. The molecule has 0 atom stereocenters. The Bertz CT molecular complexity index is 488. The topological polar surface area (TPSA) is 58.3 Å². The number of halogens is 1. The van der Waals surface area contributed by atoms with Crippen molar-refractivity contribution < 1.29 is 5.11 Å². The monoisotopic (exact) mass is 354 g/mol. The zero-order valence-electron chi connectivity index (χ0n) is 13.2. The van der Waals surface area contributed by atoms with E-state index < -0.39 is 0 Å². The number of nitrogens with two attached hydrogens (primary N) is 1. The molecule has 0 amide bonds. The van der Waals surface area contributed by atoms with E-state index in [4.69, 9.17) is 5.73 Å². The van der Waals surface area contributed by atoms with E-state index in [1.165, 1.54) is 5.56 Å². The van der Waals surface area contributed by atoms with Gasteiger partial charge < -0.3 is 16.2 Å². The molecular formula is C17H27BrN2O. The molecular weight excluding hydrogens is 328 g/mol. The summed E-state index contributed by atoms with van der Waals surface area (Å²) in [4.78, 5) is 0. The first-order chi connectivity index (χ1) is 9.77. The van der Waals surface area contributed by atoms with Gasteiger partial charge >= 0.3 is 0 Å². The van der Waals surface area contributed by atoms with Crippen molar-refractivity contribution >= 4 is 21.6 Å². The van der Waals surface area contributed by atoms with Gasteiger partial charge in [0.25, 0.3) is 0 Å². The Balaban J connectivity index is 2.02. The van der Waals surface area contributed by atoms with Crippen LogP contribution in [0.15, 0.2) is 16.6 Å². The summed E-state index contributed by atoms with van der Waals surface area (Å²) >= 11 is 3.67. The summed E-state index contributed by atoms with van der Waals surface area (Å²) < 4.78 is 1.13. The molecule has 21 heavy (non-hydrogen) atoms. The molecule has 0 aliphatic heterocycles. The average molecular weight is 355 g/mol. The van der Waals surface area contributed by atoms with Crippen LogP contribution in [0.4, 0.5) is 5.69 Å². The lowest BCUT2D eigenvalue weighted by Crippen LogP contribution is -2.34. The first-order valence-corrected chi connectivity index (χ1v) is 8.56. The lowest BCUT2D eigenvalue weighted by molar-refractivity contribution is 0.116. The van der Waals surface area contributed by atoms with Crippen LogP contribution in [0.5, 0.6) is 0 Å². The van der Waals surface area contributed by atoms with Crippen LogP contribution in [-0.4, -0.2) is 17.3 Å². The van der Waals surface area contributed by atoms with Crippen molar-refractivity contribution in [2.45, 2.75) is 70.6 Å². The molecule has 0 spiro atoms. The van der Waals surface area contributed by atoms with Gasteiger partial charge in [0, 0.05) is 22.7 Å². The van der Waals surface area contributed by atoms with Gasteiger partial charge in [-0.2, -0.15) is 0 Å². The number of aliphatic hydroxyl groups is 1. The molecule has 1 aromatic rings. The molecule has 0 aromatic heterocycles. The van der Waals surface area contributed by atoms with Gasteiger partial charge in [-0.15, -0.1) is 0 Å². The second-order valence-electron chi connectivity index (χ2n) is 7.17. The van der Waals surface area contributed by atoms with Crippen molar-refractivity contribution in [1.29, 1.82) is 0 Å². The van der Waals surface area contributed by atoms with Crippen LogP contribution in [0.1, 0.15) is 57.6 Å². The Morgan fingerprint density at radius 2 is 1.86 bits per heavy atom. The molecule has 1 aliphatic carbocycles. The van der Waals surface area contributed by atoms with Crippen LogP contribution >= 0.6 is 15.9 Å². The second kappa shape index (κ2) is 6.67. The van der Waals surface area contributed by atoms with Crippen molar-refractivity contribution in [3.05, 3.63) is 27.7 Å². The molecule has 118 valence electrons. The van der Waals surface area contributed by atoms with Crippen molar-refractivity contribution in [3.8, 4) is 0 Å². The maximum absolute atomic E-state index is 9.55. The van der Waals surface area contributed by atoms with Gasteiger partial charge in [0.2, 0.25) is 0 Å². The van der Waals surface area contributed by atoms with Gasteiger partial charge in [-0.25, -0.2) is 0 Å². The zero-order valence-corrected chi connectivity index (χ0v) is 14.8. The summed E-state index contributed by atoms with van der Waals surface area (Å²) in [6.07, 6.45) is 3.79. The van der Waals surface area contributed by atoms with Crippen molar-refractivity contribution in [2.24, 2.45) is 0 Å². The summed E-state index contributed by atoms with van der Waals surface area (Å²) in [5.74, 6) is 0. The van der Waals surface area contributed by atoms with E-state index in [2.05, 4.69) is 54.2 Å². The van der Waals surface area contributed by atoms with Crippen molar-refractivity contribution in [1.82, 2.24) is 5.32 Å². The number of nitrogen functional groups attached to an aromatic ring is 1. The third-order valence-electron chi connectivity index (χ3n) is 4.31. The van der Waals surface area contributed by atoms with Crippen LogP contribution < -0.4 is 11.1 Å². The Morgan fingerprint density at radius 3 is 2.43 bits per heavy atom. The van der Waals surface area contributed by atoms with E-state index >= 15 is 0 Å². The number of hydrogen-bond donors (Lipinski definition) is 3. The molecule has 0 radical (unpaired) electrons. The third kappa shape index (κ3) is 4.44. The van der Waals surface area contributed by atoms with Crippen LogP contribution in [-0.2, 0) is 12.0 Å². The minimum absolute atomic E-state index is 0.0818. The van der Waals surface area contributed by atoms with Gasteiger partial charge in [0.15, 0.2) is 0 Å². The molecule has 0 bridgehead atoms. The first kappa shape index (κ1) is 16.8. The minimum atomic E-state index is -0.103. The number of rotatable bonds is 3. The van der Waals surface area contributed by atoms with Crippen LogP contribution in [0, 0.1) is 0 Å². The Kier molecular flexibility index (Phi) is 5.33. The molecule has 0 heterocycles. The molecule has 0 saturated heterocycles. The van der Waals surface area contributed by atoms with Gasteiger partial charge in [0.05, 0.1) is 6.10 Å². The fourth-order valence-electron chi connectivity index (χ4n) is 2.89. The van der Waals surface area contributed by atoms with Crippen LogP contribution in [0.2, 0.25) is 0 Å². The van der Waals surface area contributed by atoms with Crippen molar-refractivity contribution in [2.75, 3.05) is 5.73 Å². The van der Waals surface area contributed by atoms with Gasteiger partial charge in [-0.3, -0.25) is 0 Å². The molecule has 4 heteroatoms. The van der Waals surface area contributed by atoms with Crippen LogP contribution in [0.25, 0.3) is 0 Å². The van der Waals surface area contributed by atoms with E-state index in [9.17, 15) is 5.11 Å². The normalized spacial score (nSPS) is 23.3. The molecule has 4 N–H and O–H groups in total. The Hall–Kier alpha value is -0.580. The van der Waals surface area contributed by atoms with Gasteiger partial charge in [0.1, 0.15) is 0 Å². The summed E-state index contributed by atoms with van der Waals surface area (Å²) in [6.45, 7) is 7.36. The van der Waals surface area contributed by atoms with Crippen LogP contribution in [0.3, 0.4) is 0 Å². The summed E-state index contributed by atoms with van der Waals surface area (Å²) in [6, 6.07) is 4.72. The SMILES string of the molecule is CC(C)(C)c1cc(N)c(CNC2CCC(O)CC2)cc1Br. The van der Waals surface area contributed by atoms with E-state index in [-0.39, 0.29) is 11.5 Å². The predicted molar refractivity (Wildman–Crippen MR) is 92.4 cm³/mol. The minimum Gasteiger partial charge on any atom is -0.398 e. The van der Waals surface area contributed by atoms with E-state index in [1.54, 1.807) is 0 Å². The Morgan fingerprint density at radius 1 is 1.24 bits per heavy atom. The molecule has 1 aromatic carbocycles. The molecule has 2 rings (SSSR count). The van der Waals surface area contributed by atoms with Gasteiger partial charge in [-0.05, 0) is 54.4 Å². The summed E-state index contributed by atoms with van der Waals surface area (Å²) in [5, 5.41) is 13.1. The predicted octanol–water partition coefficient (Wildman–Crippen LogP) is 3.72. The highest BCUT2D eigenvalue weighted by atomic mass is 79.9. The quantitative estimate of drug-likeness (QED) is 0.725. The molecule has 3 nitrogen and oxygen atoms in total. The Labute approximate surface area is 136 Å². The lowest BCUT2D eigenvalue weighted by atomic mass is 9.86. The molecule has 1 fully saturated rings. The lowest BCUT2D eigenvalue weighted by Gasteiger charge is -2.27. The van der Waals surface area contributed by atoms with Crippen molar-refractivity contribution in [3.63, 3.8) is 0 Å². The number of anilines is 1. The van der Waals surface area contributed by atoms with Gasteiger partial charge in [-0.1, -0.05) is 36.7 Å². The largest absolute Gasteiger partial charge is 0.398 e. The fourth-order valence-corrected chi connectivity index (χ4v) is 3.88. The highest BCUT2D eigenvalue weighted by Gasteiger charge is 2.21. The third-order valence-corrected chi connectivity index (χ3v) is 4.97. The first-order valence-electron chi connectivity index (χ1n) is 7.77. The van der Waals surface area contributed by atoms with E-state index in [0.717, 1.165) is 48.0 Å². The molecule has 1 saturated carbocycles. The van der Waals surface area contributed by atoms with E-state index in [1.807, 2.05) is 0 Å².